The van der Waals surface area contributed by atoms with Crippen molar-refractivity contribution in [2.75, 3.05) is 0 Å². The van der Waals surface area contributed by atoms with Gasteiger partial charge in [-0.3, -0.25) is 0 Å². The Balaban J connectivity index is -0.000000117. The smallest absolute Gasteiger partial charge is 0.126 e. The second-order valence-corrected chi connectivity index (χ2v) is 3.99. The van der Waals surface area contributed by atoms with Crippen molar-refractivity contribution in [3.63, 3.8) is 0 Å². The quantitative estimate of drug-likeness (QED) is 0.635. The Morgan fingerprint density at radius 2 is 0.846 bits per heavy atom. The van der Waals surface area contributed by atoms with Gasteiger partial charge in [0.2, 0.25) is 0 Å². The number of aliphatic hydroxyl groups is 1. The molecule has 80 valence electrons. The SMILES string of the molecule is CC(C)(C)O.CC(C)=O.CC(C)=O. The molecule has 3 nitrogen and oxygen atoms in total. The van der Waals surface area contributed by atoms with Gasteiger partial charge in [-0.2, -0.15) is 0 Å². The first-order chi connectivity index (χ1) is 5.46. The van der Waals surface area contributed by atoms with E-state index >= 15 is 0 Å². The molecule has 3 heteroatoms. The number of carbonyl (C=O) groups is 2. The van der Waals surface area contributed by atoms with Crippen LogP contribution in [0.1, 0.15) is 48.5 Å². The summed E-state index contributed by atoms with van der Waals surface area (Å²) < 4.78 is 0. The zero-order chi connectivity index (χ0) is 11.7. The van der Waals surface area contributed by atoms with E-state index in [1.54, 1.807) is 20.8 Å². The van der Waals surface area contributed by atoms with Crippen LogP contribution in [0.4, 0.5) is 0 Å². The third-order valence-electron chi connectivity index (χ3n) is 0. The molecule has 0 aliphatic carbocycles. The van der Waals surface area contributed by atoms with Crippen LogP contribution < -0.4 is 0 Å². The molecule has 0 aliphatic heterocycles. The van der Waals surface area contributed by atoms with E-state index in [1.165, 1.54) is 27.7 Å². The molecule has 0 fully saturated rings. The van der Waals surface area contributed by atoms with E-state index in [9.17, 15) is 9.59 Å². The van der Waals surface area contributed by atoms with Crippen LogP contribution in [-0.4, -0.2) is 22.3 Å². The number of Topliss-reactive ketones (excluding diaryl/α,β-unsaturated/α-hetero) is 2. The molecule has 13 heavy (non-hydrogen) atoms. The van der Waals surface area contributed by atoms with E-state index < -0.39 is 5.60 Å². The highest BCUT2D eigenvalue weighted by molar-refractivity contribution is 5.72. The number of carbonyl (C=O) groups excluding carboxylic acids is 2. The summed E-state index contributed by atoms with van der Waals surface area (Å²) in [6, 6.07) is 0. The topological polar surface area (TPSA) is 54.4 Å². The third kappa shape index (κ3) is 1990. The number of rotatable bonds is 0. The van der Waals surface area contributed by atoms with Gasteiger partial charge in [0.25, 0.3) is 0 Å². The Hall–Kier alpha value is -0.700. The van der Waals surface area contributed by atoms with E-state index in [4.69, 9.17) is 5.11 Å². The maximum atomic E-state index is 9.44. The molecule has 0 aromatic heterocycles. The molecule has 0 atom stereocenters. The molecule has 0 saturated carbocycles. The lowest BCUT2D eigenvalue weighted by Crippen LogP contribution is -2.10. The number of ketones is 2. The summed E-state index contributed by atoms with van der Waals surface area (Å²) in [6.45, 7) is 11.3. The summed E-state index contributed by atoms with van der Waals surface area (Å²) in [5.41, 5.74) is -0.500. The van der Waals surface area contributed by atoms with Crippen molar-refractivity contribution >= 4 is 11.6 Å². The van der Waals surface area contributed by atoms with Crippen LogP contribution in [0.3, 0.4) is 0 Å². The standard InChI is InChI=1S/C4H10O.2C3H6O/c1-4(2,3)5;2*1-3(2)4/h5H,1-3H3;2*1-2H3. The van der Waals surface area contributed by atoms with Gasteiger partial charge in [-0.05, 0) is 48.5 Å². The molecule has 0 aliphatic rings. The van der Waals surface area contributed by atoms with Crippen molar-refractivity contribution in [3.8, 4) is 0 Å². The molecule has 0 heterocycles. The molecule has 0 unspecified atom stereocenters. The summed E-state index contributed by atoms with van der Waals surface area (Å²) in [4.78, 5) is 18.9. The zero-order valence-electron chi connectivity index (χ0n) is 9.76. The maximum absolute atomic E-state index is 9.44. The fraction of sp³-hybridized carbons (Fsp3) is 0.800. The molecular formula is C10H22O3. The van der Waals surface area contributed by atoms with Crippen molar-refractivity contribution < 1.29 is 14.7 Å². The maximum Gasteiger partial charge on any atom is 0.126 e. The average molecular weight is 190 g/mol. The third-order valence-corrected chi connectivity index (χ3v) is 0. The predicted octanol–water partition coefficient (Wildman–Crippen LogP) is 1.97. The lowest BCUT2D eigenvalue weighted by Gasteiger charge is -2.04. The molecule has 0 bridgehead atoms. The molecule has 0 saturated heterocycles. The normalized spacial score (nSPS) is 8.62. The van der Waals surface area contributed by atoms with Crippen molar-refractivity contribution in [2.24, 2.45) is 0 Å². The Kier molecular flexibility index (Phi) is 13.1. The Labute approximate surface area is 81.2 Å². The van der Waals surface area contributed by atoms with Gasteiger partial charge < -0.3 is 14.7 Å². The van der Waals surface area contributed by atoms with Crippen LogP contribution >= 0.6 is 0 Å². The van der Waals surface area contributed by atoms with E-state index in [0.29, 0.717) is 0 Å². The number of hydrogen-bond acceptors (Lipinski definition) is 3. The Morgan fingerprint density at radius 3 is 0.846 bits per heavy atom. The van der Waals surface area contributed by atoms with Gasteiger partial charge in [0.1, 0.15) is 11.6 Å². The van der Waals surface area contributed by atoms with Gasteiger partial charge in [0.05, 0.1) is 5.60 Å². The fourth-order valence-electron chi connectivity index (χ4n) is 0. The Morgan fingerprint density at radius 1 is 0.846 bits per heavy atom. The molecule has 0 aromatic rings. The van der Waals surface area contributed by atoms with Gasteiger partial charge in [-0.25, -0.2) is 0 Å². The lowest BCUT2D eigenvalue weighted by atomic mass is 10.2. The van der Waals surface area contributed by atoms with Crippen LogP contribution in [0.5, 0.6) is 0 Å². The fourth-order valence-corrected chi connectivity index (χ4v) is 0. The van der Waals surface area contributed by atoms with Gasteiger partial charge in [0, 0.05) is 0 Å². The molecule has 0 aromatic carbocycles. The van der Waals surface area contributed by atoms with Crippen LogP contribution in [0.2, 0.25) is 0 Å². The number of hydrogen-bond donors (Lipinski definition) is 1. The van der Waals surface area contributed by atoms with Crippen LogP contribution in [0.15, 0.2) is 0 Å². The molecule has 0 radical (unpaired) electrons. The van der Waals surface area contributed by atoms with Gasteiger partial charge >= 0.3 is 0 Å². The summed E-state index contributed by atoms with van der Waals surface area (Å²) in [5.74, 6) is 0.333. The molecular weight excluding hydrogens is 168 g/mol. The molecule has 0 amide bonds. The van der Waals surface area contributed by atoms with E-state index in [1.807, 2.05) is 0 Å². The first-order valence-electron chi connectivity index (χ1n) is 4.13. The van der Waals surface area contributed by atoms with Crippen molar-refractivity contribution in [3.05, 3.63) is 0 Å². The van der Waals surface area contributed by atoms with Crippen LogP contribution in [0.25, 0.3) is 0 Å². The first-order valence-corrected chi connectivity index (χ1v) is 4.13. The van der Waals surface area contributed by atoms with Gasteiger partial charge in [-0.1, -0.05) is 0 Å². The minimum absolute atomic E-state index is 0.167. The minimum atomic E-state index is -0.500. The summed E-state index contributed by atoms with van der Waals surface area (Å²) in [6.07, 6.45) is 0. The zero-order valence-corrected chi connectivity index (χ0v) is 9.76. The second-order valence-electron chi connectivity index (χ2n) is 3.99. The minimum Gasteiger partial charge on any atom is -0.391 e. The molecule has 1 N–H and O–H groups in total. The van der Waals surface area contributed by atoms with Gasteiger partial charge in [-0.15, -0.1) is 0 Å². The summed E-state index contributed by atoms with van der Waals surface area (Å²) in [7, 11) is 0. The Bertz CT molecular complexity index is 117. The monoisotopic (exact) mass is 190 g/mol. The van der Waals surface area contributed by atoms with E-state index in [2.05, 4.69) is 0 Å². The lowest BCUT2D eigenvalue weighted by molar-refractivity contribution is -0.115. The average Bonchev–Trinajstić information content (AvgIpc) is 1.50. The second kappa shape index (κ2) is 9.39. The predicted molar refractivity (Wildman–Crippen MR) is 54.7 cm³/mol. The largest absolute Gasteiger partial charge is 0.391 e. The van der Waals surface area contributed by atoms with E-state index in [-0.39, 0.29) is 11.6 Å². The van der Waals surface area contributed by atoms with Crippen molar-refractivity contribution in [2.45, 2.75) is 54.1 Å². The highest BCUT2D eigenvalue weighted by Gasteiger charge is 1.97. The highest BCUT2D eigenvalue weighted by atomic mass is 16.3. The summed E-state index contributed by atoms with van der Waals surface area (Å²) >= 11 is 0. The van der Waals surface area contributed by atoms with Crippen LogP contribution in [-0.2, 0) is 9.59 Å². The van der Waals surface area contributed by atoms with Crippen LogP contribution in [0, 0.1) is 0 Å². The highest BCUT2D eigenvalue weighted by Crippen LogP contribution is 1.93. The molecule has 0 spiro atoms. The van der Waals surface area contributed by atoms with Crippen molar-refractivity contribution in [1.82, 2.24) is 0 Å². The van der Waals surface area contributed by atoms with Crippen molar-refractivity contribution in [1.29, 1.82) is 0 Å². The molecule has 0 rings (SSSR count). The van der Waals surface area contributed by atoms with E-state index in [0.717, 1.165) is 0 Å². The first kappa shape index (κ1) is 18.2. The van der Waals surface area contributed by atoms with Gasteiger partial charge in [0.15, 0.2) is 0 Å². The summed E-state index contributed by atoms with van der Waals surface area (Å²) in [5, 5.41) is 8.52.